The molecule has 2 aromatic rings. The second kappa shape index (κ2) is 7.52. The lowest BCUT2D eigenvalue weighted by Crippen LogP contribution is -1.98. The van der Waals surface area contributed by atoms with E-state index in [2.05, 4.69) is 10.3 Å². The number of methoxy groups -OCH3 is 2. The molecule has 2 rings (SSSR count). The average molecular weight is 357 g/mol. The summed E-state index contributed by atoms with van der Waals surface area (Å²) < 4.78 is 10.5. The van der Waals surface area contributed by atoms with Crippen molar-refractivity contribution in [2.24, 2.45) is 0 Å². The Morgan fingerprint density at radius 1 is 1.35 bits per heavy atom. The minimum atomic E-state index is -0.973. The molecule has 0 bridgehead atoms. The van der Waals surface area contributed by atoms with Crippen LogP contribution in [-0.2, 0) is 6.42 Å². The molecule has 0 radical (unpaired) electrons. The van der Waals surface area contributed by atoms with Crippen molar-refractivity contribution in [1.29, 1.82) is 0 Å². The topological polar surface area (TPSA) is 80.7 Å². The van der Waals surface area contributed by atoms with E-state index in [1.54, 1.807) is 12.1 Å². The van der Waals surface area contributed by atoms with Crippen LogP contribution in [0, 0.1) is 0 Å². The van der Waals surface area contributed by atoms with Gasteiger partial charge in [0.05, 0.1) is 30.6 Å². The fourth-order valence-electron chi connectivity index (χ4n) is 2.05. The summed E-state index contributed by atoms with van der Waals surface area (Å²) in [7, 11) is 3.04. The van der Waals surface area contributed by atoms with E-state index in [9.17, 15) is 9.90 Å². The minimum Gasteiger partial charge on any atom is -0.495 e. The van der Waals surface area contributed by atoms with Crippen LogP contribution in [0.2, 0.25) is 5.02 Å². The lowest BCUT2D eigenvalue weighted by Gasteiger charge is -2.12. The fourth-order valence-corrected chi connectivity index (χ4v) is 3.15. The Balaban J connectivity index is 2.38. The largest absolute Gasteiger partial charge is 0.495 e. The third kappa shape index (κ3) is 3.86. The first-order valence-corrected chi connectivity index (χ1v) is 8.11. The van der Waals surface area contributed by atoms with E-state index >= 15 is 0 Å². The quantitative estimate of drug-likeness (QED) is 0.773. The van der Waals surface area contributed by atoms with Gasteiger partial charge in [-0.05, 0) is 6.42 Å². The molecule has 1 aromatic heterocycles. The number of carboxylic acid groups (broad SMARTS) is 1. The molecule has 0 atom stereocenters. The number of benzene rings is 1. The number of aryl methyl sites for hydroxylation is 1. The van der Waals surface area contributed by atoms with E-state index < -0.39 is 5.97 Å². The van der Waals surface area contributed by atoms with Crippen molar-refractivity contribution in [3.05, 3.63) is 27.7 Å². The molecule has 0 spiro atoms. The molecular formula is C15H17ClN2O4S. The highest BCUT2D eigenvalue weighted by atomic mass is 35.5. The highest BCUT2D eigenvalue weighted by molar-refractivity contribution is 7.17. The van der Waals surface area contributed by atoms with E-state index in [1.165, 1.54) is 14.2 Å². The lowest BCUT2D eigenvalue weighted by atomic mass is 10.2. The zero-order chi connectivity index (χ0) is 17.0. The van der Waals surface area contributed by atoms with E-state index in [4.69, 9.17) is 21.1 Å². The van der Waals surface area contributed by atoms with Gasteiger partial charge in [-0.1, -0.05) is 36.3 Å². The first kappa shape index (κ1) is 17.4. The summed E-state index contributed by atoms with van der Waals surface area (Å²) >= 11 is 7.16. The number of nitrogens with one attached hydrogen (secondary N) is 1. The van der Waals surface area contributed by atoms with E-state index in [-0.39, 0.29) is 4.88 Å². The maximum absolute atomic E-state index is 11.3. The summed E-state index contributed by atoms with van der Waals surface area (Å²) in [4.78, 5) is 15.9. The van der Waals surface area contributed by atoms with Gasteiger partial charge in [0.15, 0.2) is 5.13 Å². The fraction of sp³-hybridized carbons (Fsp3) is 0.333. The van der Waals surface area contributed by atoms with Gasteiger partial charge >= 0.3 is 5.97 Å². The lowest BCUT2D eigenvalue weighted by molar-refractivity contribution is 0.0700. The minimum absolute atomic E-state index is 0.245. The Kier molecular flexibility index (Phi) is 5.68. The van der Waals surface area contributed by atoms with Gasteiger partial charge in [0, 0.05) is 12.1 Å². The Morgan fingerprint density at radius 3 is 2.61 bits per heavy atom. The van der Waals surface area contributed by atoms with Crippen LogP contribution in [0.15, 0.2) is 12.1 Å². The highest BCUT2D eigenvalue weighted by Crippen LogP contribution is 2.38. The zero-order valence-corrected chi connectivity index (χ0v) is 14.5. The highest BCUT2D eigenvalue weighted by Gasteiger charge is 2.18. The predicted octanol–water partition coefficient (Wildman–Crippen LogP) is 4.21. The molecule has 0 aliphatic heterocycles. The van der Waals surface area contributed by atoms with Gasteiger partial charge < -0.3 is 19.9 Å². The van der Waals surface area contributed by atoms with Crippen molar-refractivity contribution in [3.8, 4) is 11.5 Å². The molecule has 0 fully saturated rings. The second-order valence-corrected chi connectivity index (χ2v) is 6.07. The van der Waals surface area contributed by atoms with Crippen LogP contribution in [0.5, 0.6) is 11.5 Å². The number of rotatable bonds is 7. The third-order valence-electron chi connectivity index (χ3n) is 3.09. The first-order chi connectivity index (χ1) is 11.0. The molecule has 1 heterocycles. The Morgan fingerprint density at radius 2 is 2.04 bits per heavy atom. The number of anilines is 2. The van der Waals surface area contributed by atoms with Gasteiger partial charge in [0.1, 0.15) is 16.4 Å². The second-order valence-electron chi connectivity index (χ2n) is 4.66. The van der Waals surface area contributed by atoms with Crippen molar-refractivity contribution >= 4 is 39.7 Å². The summed E-state index contributed by atoms with van der Waals surface area (Å²) in [5, 5.41) is 13.3. The summed E-state index contributed by atoms with van der Waals surface area (Å²) in [6.45, 7) is 1.98. The summed E-state index contributed by atoms with van der Waals surface area (Å²) in [5.74, 6) is 0.0262. The zero-order valence-electron chi connectivity index (χ0n) is 13.0. The molecule has 0 aliphatic rings. The molecule has 0 saturated carbocycles. The predicted molar refractivity (Wildman–Crippen MR) is 90.9 cm³/mol. The van der Waals surface area contributed by atoms with Crippen LogP contribution in [0.3, 0.4) is 0 Å². The number of hydrogen-bond acceptors (Lipinski definition) is 6. The average Bonchev–Trinajstić information content (AvgIpc) is 2.92. The molecule has 124 valence electrons. The van der Waals surface area contributed by atoms with Crippen LogP contribution in [0.25, 0.3) is 0 Å². The molecule has 0 amide bonds. The van der Waals surface area contributed by atoms with E-state index in [1.807, 2.05) is 6.92 Å². The number of aromatic nitrogens is 1. The van der Waals surface area contributed by atoms with Gasteiger partial charge in [-0.25, -0.2) is 9.78 Å². The van der Waals surface area contributed by atoms with Gasteiger partial charge in [0.2, 0.25) is 0 Å². The number of halogens is 1. The number of carboxylic acids is 1. The number of hydrogen-bond donors (Lipinski definition) is 2. The summed E-state index contributed by atoms with van der Waals surface area (Å²) in [6.07, 6.45) is 1.43. The maximum atomic E-state index is 11.3. The Hall–Kier alpha value is -1.99. The van der Waals surface area contributed by atoms with E-state index in [0.717, 1.165) is 17.8 Å². The summed E-state index contributed by atoms with van der Waals surface area (Å²) in [5.41, 5.74) is 1.18. The van der Waals surface area contributed by atoms with Crippen molar-refractivity contribution in [3.63, 3.8) is 0 Å². The molecule has 0 unspecified atom stereocenters. The van der Waals surface area contributed by atoms with Gasteiger partial charge in [-0.3, -0.25) is 0 Å². The standard InChI is InChI=1S/C15H17ClN2O4S/c1-4-5-9-13(14(19)20)23-15(17-9)18-10-7-11(21-2)8(16)6-12(10)22-3/h6-7H,4-5H2,1-3H3,(H,17,18)(H,19,20). The van der Waals surface area contributed by atoms with Crippen molar-refractivity contribution < 1.29 is 19.4 Å². The van der Waals surface area contributed by atoms with Gasteiger partial charge in [0.25, 0.3) is 0 Å². The molecule has 0 saturated heterocycles. The SMILES string of the molecule is CCCc1nc(Nc2cc(OC)c(Cl)cc2OC)sc1C(=O)O. The third-order valence-corrected chi connectivity index (χ3v) is 4.39. The van der Waals surface area contributed by atoms with Crippen molar-refractivity contribution in [2.75, 3.05) is 19.5 Å². The van der Waals surface area contributed by atoms with Gasteiger partial charge in [-0.2, -0.15) is 0 Å². The Bertz CT molecular complexity index is 718. The van der Waals surface area contributed by atoms with Crippen molar-refractivity contribution in [2.45, 2.75) is 19.8 Å². The van der Waals surface area contributed by atoms with E-state index in [0.29, 0.717) is 39.5 Å². The maximum Gasteiger partial charge on any atom is 0.347 e. The number of ether oxygens (including phenoxy) is 2. The number of nitrogens with zero attached hydrogens (tertiary/aromatic N) is 1. The number of thiazole rings is 1. The number of carbonyl (C=O) groups is 1. The Labute approximate surface area is 143 Å². The normalized spacial score (nSPS) is 10.4. The van der Waals surface area contributed by atoms with Crippen LogP contribution < -0.4 is 14.8 Å². The van der Waals surface area contributed by atoms with Crippen LogP contribution in [-0.4, -0.2) is 30.3 Å². The molecule has 8 heteroatoms. The monoisotopic (exact) mass is 356 g/mol. The molecule has 23 heavy (non-hydrogen) atoms. The molecule has 6 nitrogen and oxygen atoms in total. The molecule has 0 aliphatic carbocycles. The summed E-state index contributed by atoms with van der Waals surface area (Å²) in [6, 6.07) is 3.31. The molecule has 2 N–H and O–H groups in total. The van der Waals surface area contributed by atoms with Crippen LogP contribution >= 0.6 is 22.9 Å². The van der Waals surface area contributed by atoms with Crippen molar-refractivity contribution in [1.82, 2.24) is 4.98 Å². The molecule has 1 aromatic carbocycles. The van der Waals surface area contributed by atoms with Gasteiger partial charge in [-0.15, -0.1) is 0 Å². The number of aromatic carboxylic acids is 1. The smallest absolute Gasteiger partial charge is 0.347 e. The van der Waals surface area contributed by atoms with Crippen LogP contribution in [0.1, 0.15) is 28.7 Å². The first-order valence-electron chi connectivity index (χ1n) is 6.91. The molecular weight excluding hydrogens is 340 g/mol. The van der Waals surface area contributed by atoms with Crippen LogP contribution in [0.4, 0.5) is 10.8 Å².